The summed E-state index contributed by atoms with van der Waals surface area (Å²) in [6.45, 7) is 8.45. The zero-order valence-corrected chi connectivity index (χ0v) is 20.8. The van der Waals surface area contributed by atoms with E-state index in [9.17, 15) is 13.2 Å². The van der Waals surface area contributed by atoms with E-state index in [1.807, 2.05) is 27.7 Å². The Bertz CT molecular complexity index is 1130. The first-order chi connectivity index (χ1) is 16.0. The van der Waals surface area contributed by atoms with Crippen LogP contribution in [0, 0.1) is 6.92 Å². The first-order valence-electron chi connectivity index (χ1n) is 11.5. The Hall–Kier alpha value is -2.88. The van der Waals surface area contributed by atoms with Crippen LogP contribution in [0.2, 0.25) is 0 Å². The van der Waals surface area contributed by atoms with Gasteiger partial charge in [0.25, 0.3) is 0 Å². The standard InChI is InChI=1S/C24H31N3O6S/c1-16-21(31-17-5-7-19(8-6-17)34(29,30)20-9-10-20)25-15-26-22(16)32-18-11-13-27(14-12-18)23(28)33-24(2,3)4/h5-8,15,18,20H,9-14H2,1-4H3. The number of nitrogens with zero attached hydrogens (tertiary/aromatic N) is 3. The number of ether oxygens (including phenoxy) is 3. The third-order valence-electron chi connectivity index (χ3n) is 5.69. The Balaban J connectivity index is 1.36. The number of amides is 1. The van der Waals surface area contributed by atoms with Crippen LogP contribution in [0.1, 0.15) is 52.0 Å². The van der Waals surface area contributed by atoms with Gasteiger partial charge in [0.2, 0.25) is 11.8 Å². The van der Waals surface area contributed by atoms with Crippen molar-refractivity contribution in [3.8, 4) is 17.5 Å². The summed E-state index contributed by atoms with van der Waals surface area (Å²) >= 11 is 0. The van der Waals surface area contributed by atoms with E-state index in [4.69, 9.17) is 14.2 Å². The van der Waals surface area contributed by atoms with Gasteiger partial charge in [0.15, 0.2) is 9.84 Å². The molecule has 2 heterocycles. The van der Waals surface area contributed by atoms with Gasteiger partial charge in [-0.2, -0.15) is 0 Å². The number of piperidine rings is 1. The second-order valence-corrected chi connectivity index (χ2v) is 11.9. The van der Waals surface area contributed by atoms with E-state index >= 15 is 0 Å². The monoisotopic (exact) mass is 489 g/mol. The van der Waals surface area contributed by atoms with Crippen molar-refractivity contribution in [2.75, 3.05) is 13.1 Å². The number of carbonyl (C=O) groups is 1. The fourth-order valence-electron chi connectivity index (χ4n) is 3.66. The summed E-state index contributed by atoms with van der Waals surface area (Å²) in [4.78, 5) is 22.7. The molecule has 0 spiro atoms. The number of hydrogen-bond donors (Lipinski definition) is 0. The van der Waals surface area contributed by atoms with Crippen molar-refractivity contribution in [2.45, 2.75) is 75.2 Å². The summed E-state index contributed by atoms with van der Waals surface area (Å²) in [5.74, 6) is 1.25. The van der Waals surface area contributed by atoms with Crippen LogP contribution in [-0.4, -0.2) is 59.4 Å². The maximum absolute atomic E-state index is 12.4. The Kier molecular flexibility index (Phi) is 6.71. The van der Waals surface area contributed by atoms with E-state index in [0.717, 1.165) is 12.8 Å². The summed E-state index contributed by atoms with van der Waals surface area (Å²) in [5, 5.41) is -0.251. The average Bonchev–Trinajstić information content (AvgIpc) is 3.62. The summed E-state index contributed by atoms with van der Waals surface area (Å²) in [6, 6.07) is 6.39. The third kappa shape index (κ3) is 5.78. The second-order valence-electron chi connectivity index (χ2n) is 9.71. The number of benzene rings is 1. The molecule has 1 saturated carbocycles. The molecule has 4 rings (SSSR count). The van der Waals surface area contributed by atoms with E-state index in [1.165, 1.54) is 6.33 Å². The molecule has 1 aromatic carbocycles. The molecule has 1 aliphatic carbocycles. The van der Waals surface area contributed by atoms with Crippen molar-refractivity contribution in [1.29, 1.82) is 0 Å². The molecule has 9 nitrogen and oxygen atoms in total. The maximum Gasteiger partial charge on any atom is 0.410 e. The summed E-state index contributed by atoms with van der Waals surface area (Å²) < 4.78 is 42.2. The molecule has 0 radical (unpaired) electrons. The van der Waals surface area contributed by atoms with Crippen molar-refractivity contribution in [3.05, 3.63) is 36.2 Å². The smallest absolute Gasteiger partial charge is 0.410 e. The van der Waals surface area contributed by atoms with Crippen LogP contribution in [0.5, 0.6) is 17.5 Å². The van der Waals surface area contributed by atoms with Gasteiger partial charge in [-0.3, -0.25) is 0 Å². The lowest BCUT2D eigenvalue weighted by Gasteiger charge is -2.33. The Morgan fingerprint density at radius 2 is 1.62 bits per heavy atom. The van der Waals surface area contributed by atoms with Crippen LogP contribution in [0.4, 0.5) is 4.79 Å². The van der Waals surface area contributed by atoms with Gasteiger partial charge in [-0.1, -0.05) is 0 Å². The van der Waals surface area contributed by atoms with Gasteiger partial charge in [0.05, 0.1) is 15.7 Å². The first kappa shape index (κ1) is 24.3. The molecule has 2 aromatic rings. The molecule has 1 aromatic heterocycles. The molecule has 0 atom stereocenters. The van der Waals surface area contributed by atoms with E-state index in [0.29, 0.717) is 53.9 Å². The van der Waals surface area contributed by atoms with E-state index in [1.54, 1.807) is 29.2 Å². The van der Waals surface area contributed by atoms with Gasteiger partial charge >= 0.3 is 6.09 Å². The molecule has 0 N–H and O–H groups in total. The van der Waals surface area contributed by atoms with Crippen LogP contribution >= 0.6 is 0 Å². The molecule has 34 heavy (non-hydrogen) atoms. The summed E-state index contributed by atoms with van der Waals surface area (Å²) in [7, 11) is -3.24. The SMILES string of the molecule is Cc1c(Oc2ccc(S(=O)(=O)C3CC3)cc2)ncnc1OC1CCN(C(=O)OC(C)(C)C)CC1. The predicted molar refractivity (Wildman–Crippen MR) is 125 cm³/mol. The third-order valence-corrected chi connectivity index (χ3v) is 7.97. The molecule has 1 saturated heterocycles. The highest BCUT2D eigenvalue weighted by molar-refractivity contribution is 7.92. The number of carbonyl (C=O) groups excluding carboxylic acids is 1. The number of hydrogen-bond acceptors (Lipinski definition) is 8. The van der Waals surface area contributed by atoms with E-state index in [2.05, 4.69) is 9.97 Å². The van der Waals surface area contributed by atoms with Crippen molar-refractivity contribution in [1.82, 2.24) is 14.9 Å². The van der Waals surface area contributed by atoms with E-state index in [-0.39, 0.29) is 17.4 Å². The van der Waals surface area contributed by atoms with Crippen molar-refractivity contribution >= 4 is 15.9 Å². The largest absolute Gasteiger partial charge is 0.474 e. The maximum atomic E-state index is 12.4. The van der Waals surface area contributed by atoms with Crippen molar-refractivity contribution in [2.24, 2.45) is 0 Å². The fraction of sp³-hybridized carbons (Fsp3) is 0.542. The molecule has 0 bridgehead atoms. The normalized spacial score (nSPS) is 17.4. The van der Waals surface area contributed by atoms with E-state index < -0.39 is 15.4 Å². The molecule has 2 fully saturated rings. The van der Waals surface area contributed by atoms with Crippen molar-refractivity contribution < 1.29 is 27.4 Å². The second kappa shape index (κ2) is 9.40. The van der Waals surface area contributed by atoms with Gasteiger partial charge in [0.1, 0.15) is 23.8 Å². The van der Waals surface area contributed by atoms with Crippen LogP contribution in [0.3, 0.4) is 0 Å². The van der Waals surface area contributed by atoms with Gasteiger partial charge in [-0.15, -0.1) is 0 Å². The number of aromatic nitrogens is 2. The number of rotatable bonds is 6. The minimum absolute atomic E-state index is 0.0907. The highest BCUT2D eigenvalue weighted by Gasteiger charge is 2.36. The van der Waals surface area contributed by atoms with Gasteiger partial charge in [0, 0.05) is 25.9 Å². The minimum atomic E-state index is -3.24. The lowest BCUT2D eigenvalue weighted by Crippen LogP contribution is -2.44. The highest BCUT2D eigenvalue weighted by Crippen LogP contribution is 2.35. The predicted octanol–water partition coefficient (Wildman–Crippen LogP) is 4.29. The molecule has 1 aliphatic heterocycles. The van der Waals surface area contributed by atoms with Crippen LogP contribution in [0.15, 0.2) is 35.5 Å². The van der Waals surface area contributed by atoms with Gasteiger partial charge in [-0.25, -0.2) is 23.2 Å². The fourth-order valence-corrected chi connectivity index (χ4v) is 5.32. The summed E-state index contributed by atoms with van der Waals surface area (Å²) in [6.07, 6.45) is 3.75. The van der Waals surface area contributed by atoms with Crippen LogP contribution < -0.4 is 9.47 Å². The minimum Gasteiger partial charge on any atom is -0.474 e. The number of sulfone groups is 1. The Labute approximate surface area is 200 Å². The topological polar surface area (TPSA) is 108 Å². The Morgan fingerprint density at radius 3 is 2.21 bits per heavy atom. The summed E-state index contributed by atoms with van der Waals surface area (Å²) in [5.41, 5.74) is 0.122. The number of likely N-dealkylation sites (tertiary alicyclic amines) is 1. The molecular weight excluding hydrogens is 458 g/mol. The van der Waals surface area contributed by atoms with Crippen LogP contribution in [0.25, 0.3) is 0 Å². The molecule has 2 aliphatic rings. The zero-order valence-electron chi connectivity index (χ0n) is 20.0. The molecule has 0 unspecified atom stereocenters. The zero-order chi connectivity index (χ0) is 24.5. The Morgan fingerprint density at radius 1 is 1.00 bits per heavy atom. The van der Waals surface area contributed by atoms with Gasteiger partial charge < -0.3 is 19.1 Å². The van der Waals surface area contributed by atoms with Crippen LogP contribution in [-0.2, 0) is 14.6 Å². The molecule has 1 amide bonds. The lowest BCUT2D eigenvalue weighted by atomic mass is 10.1. The van der Waals surface area contributed by atoms with Gasteiger partial charge in [-0.05, 0) is 64.8 Å². The quantitative estimate of drug-likeness (QED) is 0.591. The first-order valence-corrected chi connectivity index (χ1v) is 13.1. The molecule has 10 heteroatoms. The van der Waals surface area contributed by atoms with Crippen molar-refractivity contribution in [3.63, 3.8) is 0 Å². The molecule has 184 valence electrons. The lowest BCUT2D eigenvalue weighted by molar-refractivity contribution is 0.0122. The highest BCUT2D eigenvalue weighted by atomic mass is 32.2. The molecular formula is C24H31N3O6S. The average molecular weight is 490 g/mol.